The van der Waals surface area contributed by atoms with E-state index in [0.29, 0.717) is 11.6 Å². The first-order valence-corrected chi connectivity index (χ1v) is 5.34. The molecule has 0 bridgehead atoms. The molecule has 0 spiro atoms. The van der Waals surface area contributed by atoms with Crippen LogP contribution in [0.4, 0.5) is 26.1 Å². The zero-order valence-corrected chi connectivity index (χ0v) is 9.69. The second-order valence-electron chi connectivity index (χ2n) is 3.55. The van der Waals surface area contributed by atoms with E-state index in [0.717, 1.165) is 12.1 Å². The molecule has 0 saturated heterocycles. The molecular weight excluding hydrogens is 252 g/mol. The van der Waals surface area contributed by atoms with Crippen LogP contribution in [0.2, 0.25) is 0 Å². The summed E-state index contributed by atoms with van der Waals surface area (Å²) in [4.78, 5) is 7.79. The lowest BCUT2D eigenvalue weighted by Crippen LogP contribution is -2.03. The molecule has 0 unspecified atom stereocenters. The van der Waals surface area contributed by atoms with Crippen LogP contribution in [0.3, 0.4) is 0 Å². The van der Waals surface area contributed by atoms with Crippen molar-refractivity contribution in [1.82, 2.24) is 9.97 Å². The third kappa shape index (κ3) is 3.35. The second kappa shape index (κ2) is 5.73. The van der Waals surface area contributed by atoms with Crippen molar-refractivity contribution < 1.29 is 8.78 Å². The van der Waals surface area contributed by atoms with E-state index in [-0.39, 0.29) is 12.2 Å². The standard InChI is InChI=1S/C12H9F2N5/c13-8-1-2-10(9(14)5-8)19-12-6-11(16-4-3-15)17-7-18-12/h1-2,5-7H,4H2,(H2,16,17,18,19). The van der Waals surface area contributed by atoms with E-state index in [1.165, 1.54) is 18.5 Å². The van der Waals surface area contributed by atoms with Crippen LogP contribution in [0.25, 0.3) is 0 Å². The highest BCUT2D eigenvalue weighted by Crippen LogP contribution is 2.20. The van der Waals surface area contributed by atoms with E-state index in [1.807, 2.05) is 6.07 Å². The molecule has 0 atom stereocenters. The fourth-order valence-electron chi connectivity index (χ4n) is 1.38. The first-order valence-electron chi connectivity index (χ1n) is 5.34. The van der Waals surface area contributed by atoms with Crippen molar-refractivity contribution in [3.63, 3.8) is 0 Å². The monoisotopic (exact) mass is 261 g/mol. The predicted octanol–water partition coefficient (Wildman–Crippen LogP) is 2.43. The Morgan fingerprint density at radius 3 is 2.68 bits per heavy atom. The number of nitriles is 1. The number of hydrogen-bond donors (Lipinski definition) is 2. The maximum atomic E-state index is 13.4. The highest BCUT2D eigenvalue weighted by Gasteiger charge is 2.05. The number of aromatic nitrogens is 2. The van der Waals surface area contributed by atoms with E-state index in [9.17, 15) is 8.78 Å². The minimum absolute atomic E-state index is 0.0986. The lowest BCUT2D eigenvalue weighted by atomic mass is 10.3. The van der Waals surface area contributed by atoms with Gasteiger partial charge in [-0.25, -0.2) is 18.7 Å². The maximum absolute atomic E-state index is 13.4. The van der Waals surface area contributed by atoms with E-state index in [2.05, 4.69) is 20.6 Å². The van der Waals surface area contributed by atoms with E-state index >= 15 is 0 Å². The van der Waals surface area contributed by atoms with Crippen LogP contribution in [0.5, 0.6) is 0 Å². The smallest absolute Gasteiger partial charge is 0.149 e. The fraction of sp³-hybridized carbons (Fsp3) is 0.0833. The van der Waals surface area contributed by atoms with Gasteiger partial charge in [-0.15, -0.1) is 0 Å². The summed E-state index contributed by atoms with van der Waals surface area (Å²) in [5.74, 6) is -0.602. The summed E-state index contributed by atoms with van der Waals surface area (Å²) in [5, 5.41) is 13.9. The molecule has 1 aromatic carbocycles. The van der Waals surface area contributed by atoms with Gasteiger partial charge in [-0.2, -0.15) is 5.26 Å². The molecular formula is C12H9F2N5. The van der Waals surface area contributed by atoms with E-state index < -0.39 is 11.6 Å². The second-order valence-corrected chi connectivity index (χ2v) is 3.55. The Labute approximate surface area is 107 Å². The molecule has 0 saturated carbocycles. The lowest BCUT2D eigenvalue weighted by Gasteiger charge is -2.08. The van der Waals surface area contributed by atoms with Gasteiger partial charge in [-0.3, -0.25) is 0 Å². The molecule has 7 heteroatoms. The van der Waals surface area contributed by atoms with Crippen molar-refractivity contribution in [3.8, 4) is 6.07 Å². The van der Waals surface area contributed by atoms with Gasteiger partial charge >= 0.3 is 0 Å². The average molecular weight is 261 g/mol. The zero-order valence-electron chi connectivity index (χ0n) is 9.69. The first-order chi connectivity index (χ1) is 9.19. The normalized spacial score (nSPS) is 9.74. The van der Waals surface area contributed by atoms with Gasteiger partial charge < -0.3 is 10.6 Å². The Morgan fingerprint density at radius 1 is 1.16 bits per heavy atom. The van der Waals surface area contributed by atoms with Gasteiger partial charge in [0.05, 0.1) is 11.8 Å². The largest absolute Gasteiger partial charge is 0.357 e. The summed E-state index contributed by atoms with van der Waals surface area (Å²) >= 11 is 0. The molecule has 96 valence electrons. The number of halogens is 2. The first kappa shape index (κ1) is 12.7. The molecule has 0 radical (unpaired) electrons. The molecule has 1 heterocycles. The van der Waals surface area contributed by atoms with Gasteiger partial charge in [0.25, 0.3) is 0 Å². The third-order valence-electron chi connectivity index (χ3n) is 2.21. The van der Waals surface area contributed by atoms with Gasteiger partial charge in [0, 0.05) is 12.1 Å². The van der Waals surface area contributed by atoms with Gasteiger partial charge in [0.2, 0.25) is 0 Å². The Morgan fingerprint density at radius 2 is 1.95 bits per heavy atom. The Bertz CT molecular complexity index is 624. The number of hydrogen-bond acceptors (Lipinski definition) is 5. The average Bonchev–Trinajstić information content (AvgIpc) is 2.40. The van der Waals surface area contributed by atoms with Crippen LogP contribution in [0.1, 0.15) is 0 Å². The summed E-state index contributed by atoms with van der Waals surface area (Å²) in [7, 11) is 0. The molecule has 0 amide bonds. The van der Waals surface area contributed by atoms with Crippen molar-refractivity contribution in [1.29, 1.82) is 5.26 Å². The summed E-state index contributed by atoms with van der Waals surface area (Å²) in [6, 6.07) is 6.61. The van der Waals surface area contributed by atoms with Gasteiger partial charge in [0.15, 0.2) is 0 Å². The molecule has 2 N–H and O–H groups in total. The number of benzene rings is 1. The molecule has 0 aliphatic rings. The topological polar surface area (TPSA) is 73.6 Å². The fourth-order valence-corrected chi connectivity index (χ4v) is 1.38. The Balaban J connectivity index is 2.16. The zero-order chi connectivity index (χ0) is 13.7. The number of nitrogens with one attached hydrogen (secondary N) is 2. The summed E-state index contributed by atoms with van der Waals surface area (Å²) in [6.45, 7) is 0.0986. The van der Waals surface area contributed by atoms with E-state index in [1.54, 1.807) is 0 Å². The quantitative estimate of drug-likeness (QED) is 0.827. The molecule has 19 heavy (non-hydrogen) atoms. The Kier molecular flexibility index (Phi) is 3.83. The van der Waals surface area contributed by atoms with Crippen LogP contribution in [0, 0.1) is 23.0 Å². The molecule has 0 fully saturated rings. The van der Waals surface area contributed by atoms with Gasteiger partial charge in [-0.05, 0) is 12.1 Å². The van der Waals surface area contributed by atoms with Crippen molar-refractivity contribution in [3.05, 3.63) is 42.2 Å². The number of rotatable bonds is 4. The van der Waals surface area contributed by atoms with Crippen LogP contribution >= 0.6 is 0 Å². The van der Waals surface area contributed by atoms with Gasteiger partial charge in [0.1, 0.15) is 36.1 Å². The maximum Gasteiger partial charge on any atom is 0.149 e. The minimum atomic E-state index is -0.717. The van der Waals surface area contributed by atoms with Crippen molar-refractivity contribution in [2.45, 2.75) is 0 Å². The predicted molar refractivity (Wildman–Crippen MR) is 65.8 cm³/mol. The molecule has 5 nitrogen and oxygen atoms in total. The summed E-state index contributed by atoms with van der Waals surface area (Å²) in [6.07, 6.45) is 1.27. The highest BCUT2D eigenvalue weighted by atomic mass is 19.1. The van der Waals surface area contributed by atoms with Crippen molar-refractivity contribution in [2.75, 3.05) is 17.2 Å². The summed E-state index contributed by atoms with van der Waals surface area (Å²) in [5.41, 5.74) is 0.103. The number of anilines is 3. The highest BCUT2D eigenvalue weighted by molar-refractivity contribution is 5.59. The van der Waals surface area contributed by atoms with Crippen LogP contribution < -0.4 is 10.6 Å². The van der Waals surface area contributed by atoms with Gasteiger partial charge in [-0.1, -0.05) is 0 Å². The number of nitrogens with zero attached hydrogens (tertiary/aromatic N) is 3. The van der Waals surface area contributed by atoms with E-state index in [4.69, 9.17) is 5.26 Å². The Hall–Kier alpha value is -2.75. The summed E-state index contributed by atoms with van der Waals surface area (Å²) < 4.78 is 26.2. The van der Waals surface area contributed by atoms with Crippen LogP contribution in [-0.2, 0) is 0 Å². The molecule has 2 rings (SSSR count). The van der Waals surface area contributed by atoms with Crippen LogP contribution in [-0.4, -0.2) is 16.5 Å². The van der Waals surface area contributed by atoms with Crippen molar-refractivity contribution in [2.24, 2.45) is 0 Å². The molecule has 2 aromatic rings. The molecule has 0 aliphatic heterocycles. The molecule has 1 aromatic heterocycles. The molecule has 0 aliphatic carbocycles. The lowest BCUT2D eigenvalue weighted by molar-refractivity contribution is 0.586. The van der Waals surface area contributed by atoms with Crippen LogP contribution in [0.15, 0.2) is 30.6 Å². The van der Waals surface area contributed by atoms with Crippen molar-refractivity contribution >= 4 is 17.3 Å². The third-order valence-corrected chi connectivity index (χ3v) is 2.21. The minimum Gasteiger partial charge on any atom is -0.357 e. The SMILES string of the molecule is N#CCNc1cc(Nc2ccc(F)cc2F)ncn1.